The number of nitro groups is 1. The van der Waals surface area contributed by atoms with Crippen LogP contribution in [-0.4, -0.2) is 37.2 Å². The van der Waals surface area contributed by atoms with Gasteiger partial charge in [-0.05, 0) is 12.1 Å². The summed E-state index contributed by atoms with van der Waals surface area (Å²) in [6, 6.07) is 8.70. The lowest BCUT2D eigenvalue weighted by atomic mass is 10.1. The van der Waals surface area contributed by atoms with Crippen molar-refractivity contribution in [3.8, 4) is 17.2 Å². The van der Waals surface area contributed by atoms with Gasteiger partial charge in [0.15, 0.2) is 18.1 Å². The highest BCUT2D eigenvalue weighted by Crippen LogP contribution is 2.38. The van der Waals surface area contributed by atoms with Crippen molar-refractivity contribution in [2.24, 2.45) is 0 Å². The molecule has 0 saturated heterocycles. The fourth-order valence-corrected chi connectivity index (χ4v) is 2.41. The third kappa shape index (κ3) is 3.27. The van der Waals surface area contributed by atoms with Crippen molar-refractivity contribution >= 4 is 17.4 Å². The Bertz CT molecular complexity index is 892. The number of methoxy groups -OCH3 is 1. The number of Topliss-reactive ketones (excluding diaryl/α,β-unsaturated/α-hetero) is 1. The third-order valence-electron chi connectivity index (χ3n) is 3.65. The average Bonchev–Trinajstić information content (AvgIpc) is 3.12. The van der Waals surface area contributed by atoms with Crippen molar-refractivity contribution in [3.05, 3.63) is 57.6 Å². The molecule has 0 aromatic heterocycles. The molecule has 0 spiro atoms. The highest BCUT2D eigenvalue weighted by atomic mass is 16.7. The van der Waals surface area contributed by atoms with Crippen LogP contribution in [0.3, 0.4) is 0 Å². The zero-order valence-electron chi connectivity index (χ0n) is 13.6. The molecular weight excluding hydrogens is 346 g/mol. The minimum absolute atomic E-state index is 0.0999. The summed E-state index contributed by atoms with van der Waals surface area (Å²) >= 11 is 0. The largest absolute Gasteiger partial charge is 0.496 e. The summed E-state index contributed by atoms with van der Waals surface area (Å²) in [6.45, 7) is -0.692. The van der Waals surface area contributed by atoms with Crippen molar-refractivity contribution in [1.82, 2.24) is 0 Å². The van der Waals surface area contributed by atoms with E-state index in [0.29, 0.717) is 5.75 Å². The smallest absolute Gasteiger partial charge is 0.345 e. The highest BCUT2D eigenvalue weighted by Gasteiger charge is 2.28. The molecule has 0 saturated carbocycles. The van der Waals surface area contributed by atoms with Gasteiger partial charge in [-0.2, -0.15) is 0 Å². The van der Waals surface area contributed by atoms with E-state index in [1.165, 1.54) is 13.2 Å². The second-order valence-corrected chi connectivity index (χ2v) is 5.18. The summed E-state index contributed by atoms with van der Waals surface area (Å²) in [5.41, 5.74) is -0.584. The first-order valence-corrected chi connectivity index (χ1v) is 7.42. The molecule has 2 aromatic rings. The zero-order chi connectivity index (χ0) is 18.7. The monoisotopic (exact) mass is 359 g/mol. The second-order valence-electron chi connectivity index (χ2n) is 5.18. The molecular formula is C17H13NO8. The Kier molecular flexibility index (Phi) is 4.70. The second kappa shape index (κ2) is 7.09. The number of fused-ring (bicyclic) bond motifs is 1. The van der Waals surface area contributed by atoms with Gasteiger partial charge in [-0.3, -0.25) is 14.9 Å². The predicted molar refractivity (Wildman–Crippen MR) is 86.8 cm³/mol. The van der Waals surface area contributed by atoms with E-state index in [1.54, 1.807) is 18.2 Å². The van der Waals surface area contributed by atoms with Crippen LogP contribution < -0.4 is 14.2 Å². The number of hydrogen-bond donors (Lipinski definition) is 0. The van der Waals surface area contributed by atoms with E-state index in [0.717, 1.165) is 12.1 Å². The van der Waals surface area contributed by atoms with Gasteiger partial charge in [0.2, 0.25) is 12.6 Å². The number of esters is 1. The molecule has 3 rings (SSSR count). The summed E-state index contributed by atoms with van der Waals surface area (Å²) in [5, 5.41) is 11.2. The molecule has 0 unspecified atom stereocenters. The molecule has 0 radical (unpaired) electrons. The van der Waals surface area contributed by atoms with Crippen LogP contribution in [0, 0.1) is 10.1 Å². The van der Waals surface area contributed by atoms with Gasteiger partial charge in [-0.1, -0.05) is 12.1 Å². The normalized spacial score (nSPS) is 11.7. The maximum Gasteiger partial charge on any atom is 0.345 e. The number of carbonyl (C=O) groups is 2. The van der Waals surface area contributed by atoms with E-state index in [-0.39, 0.29) is 29.4 Å². The Hall–Kier alpha value is -3.62. The van der Waals surface area contributed by atoms with Gasteiger partial charge in [0.05, 0.1) is 23.7 Å². The fourth-order valence-electron chi connectivity index (χ4n) is 2.41. The SMILES string of the molecule is COc1ccccc1C(=O)COC(=O)c1cc2c(cc1[N+](=O)[O-])OCO2. The molecule has 1 aliphatic heterocycles. The number of carbonyl (C=O) groups excluding carboxylic acids is 2. The summed E-state index contributed by atoms with van der Waals surface area (Å²) in [5.74, 6) is -0.822. The van der Waals surface area contributed by atoms with E-state index in [4.69, 9.17) is 18.9 Å². The lowest BCUT2D eigenvalue weighted by Crippen LogP contribution is -2.16. The first kappa shape index (κ1) is 17.2. The van der Waals surface area contributed by atoms with Crippen LogP contribution in [0.25, 0.3) is 0 Å². The van der Waals surface area contributed by atoms with Gasteiger partial charge in [0, 0.05) is 6.07 Å². The molecule has 1 aliphatic rings. The predicted octanol–water partition coefficient (Wildman–Crippen LogP) is 2.37. The Morgan fingerprint density at radius 1 is 1.15 bits per heavy atom. The van der Waals surface area contributed by atoms with Crippen molar-refractivity contribution in [2.45, 2.75) is 0 Å². The summed E-state index contributed by atoms with van der Waals surface area (Å²) in [7, 11) is 1.41. The summed E-state index contributed by atoms with van der Waals surface area (Å²) in [4.78, 5) is 34.9. The topological polar surface area (TPSA) is 114 Å². The van der Waals surface area contributed by atoms with Gasteiger partial charge in [-0.15, -0.1) is 0 Å². The Morgan fingerprint density at radius 2 is 1.85 bits per heavy atom. The third-order valence-corrected chi connectivity index (χ3v) is 3.65. The molecule has 134 valence electrons. The van der Waals surface area contributed by atoms with Crippen LogP contribution in [0.5, 0.6) is 17.2 Å². The summed E-state index contributed by atoms with van der Waals surface area (Å²) in [6.07, 6.45) is 0. The van der Waals surface area contributed by atoms with E-state index in [9.17, 15) is 19.7 Å². The van der Waals surface area contributed by atoms with Crippen molar-refractivity contribution < 1.29 is 33.5 Å². The molecule has 2 aromatic carbocycles. The number of hydrogen-bond acceptors (Lipinski definition) is 8. The number of nitrogens with zero attached hydrogens (tertiary/aromatic N) is 1. The molecule has 0 atom stereocenters. The van der Waals surface area contributed by atoms with Crippen LogP contribution in [0.2, 0.25) is 0 Å². The molecule has 9 nitrogen and oxygen atoms in total. The number of rotatable bonds is 6. The Balaban J connectivity index is 1.78. The number of ketones is 1. The summed E-state index contributed by atoms with van der Waals surface area (Å²) < 4.78 is 20.2. The molecule has 26 heavy (non-hydrogen) atoms. The van der Waals surface area contributed by atoms with Crippen molar-refractivity contribution in [1.29, 1.82) is 0 Å². The zero-order valence-corrected chi connectivity index (χ0v) is 13.6. The van der Waals surface area contributed by atoms with Crippen LogP contribution in [0.1, 0.15) is 20.7 Å². The maximum absolute atomic E-state index is 12.3. The van der Waals surface area contributed by atoms with Gasteiger partial charge >= 0.3 is 5.97 Å². The molecule has 1 heterocycles. The number of nitro benzene ring substituents is 1. The fraction of sp³-hybridized carbons (Fsp3) is 0.176. The molecule has 9 heteroatoms. The Labute approximate surface area is 147 Å². The lowest BCUT2D eigenvalue weighted by Gasteiger charge is -2.08. The number of benzene rings is 2. The van der Waals surface area contributed by atoms with Crippen molar-refractivity contribution in [3.63, 3.8) is 0 Å². The van der Waals surface area contributed by atoms with Crippen LogP contribution >= 0.6 is 0 Å². The van der Waals surface area contributed by atoms with E-state index in [2.05, 4.69) is 0 Å². The van der Waals surface area contributed by atoms with Crippen LogP contribution in [0.4, 0.5) is 5.69 Å². The van der Waals surface area contributed by atoms with Crippen LogP contribution in [-0.2, 0) is 4.74 Å². The molecule has 0 aliphatic carbocycles. The molecule has 0 bridgehead atoms. The van der Waals surface area contributed by atoms with E-state index >= 15 is 0 Å². The van der Waals surface area contributed by atoms with Crippen LogP contribution in [0.15, 0.2) is 36.4 Å². The quantitative estimate of drug-likeness (QED) is 0.334. The first-order valence-electron chi connectivity index (χ1n) is 7.42. The van der Waals surface area contributed by atoms with Gasteiger partial charge in [0.1, 0.15) is 11.3 Å². The van der Waals surface area contributed by atoms with Gasteiger partial charge < -0.3 is 18.9 Å². The van der Waals surface area contributed by atoms with E-state index in [1.807, 2.05) is 0 Å². The maximum atomic E-state index is 12.3. The number of ether oxygens (including phenoxy) is 4. The Morgan fingerprint density at radius 3 is 2.54 bits per heavy atom. The average molecular weight is 359 g/mol. The van der Waals surface area contributed by atoms with Gasteiger partial charge in [0.25, 0.3) is 5.69 Å². The minimum Gasteiger partial charge on any atom is -0.496 e. The minimum atomic E-state index is -1.02. The molecule has 0 fully saturated rings. The van der Waals surface area contributed by atoms with E-state index < -0.39 is 29.0 Å². The molecule has 0 amide bonds. The van der Waals surface area contributed by atoms with Crippen molar-refractivity contribution in [2.75, 3.05) is 20.5 Å². The number of para-hydroxylation sites is 1. The lowest BCUT2D eigenvalue weighted by molar-refractivity contribution is -0.385. The standard InChI is InChI=1S/C17H13NO8/c1-23-14-5-3-2-4-10(14)13(19)8-24-17(20)11-6-15-16(26-9-25-15)7-12(11)18(21)22/h2-7H,8-9H2,1H3. The highest BCUT2D eigenvalue weighted by molar-refractivity contribution is 6.02. The van der Waals surface area contributed by atoms with Gasteiger partial charge in [-0.25, -0.2) is 4.79 Å². The first-order chi connectivity index (χ1) is 12.5. The molecule has 0 N–H and O–H groups in total.